The predicted octanol–water partition coefficient (Wildman–Crippen LogP) is 4.71. The van der Waals surface area contributed by atoms with E-state index < -0.39 is 11.7 Å². The molecule has 2 N–H and O–H groups in total. The fourth-order valence-electron chi connectivity index (χ4n) is 2.81. The van der Waals surface area contributed by atoms with Gasteiger partial charge in [-0.1, -0.05) is 30.9 Å². The summed E-state index contributed by atoms with van der Waals surface area (Å²) in [5.41, 5.74) is -0.712. The van der Waals surface area contributed by atoms with Crippen LogP contribution in [0.4, 0.5) is 18.9 Å². The maximum Gasteiger partial charge on any atom is 0.416 e. The van der Waals surface area contributed by atoms with Gasteiger partial charge in [0.15, 0.2) is 0 Å². The van der Waals surface area contributed by atoms with E-state index in [4.69, 9.17) is 11.6 Å². The van der Waals surface area contributed by atoms with Crippen LogP contribution in [0.25, 0.3) is 0 Å². The average Bonchev–Trinajstić information content (AvgIpc) is 2.46. The summed E-state index contributed by atoms with van der Waals surface area (Å²) < 4.78 is 38.2. The van der Waals surface area contributed by atoms with Crippen LogP contribution in [0.15, 0.2) is 18.2 Å². The lowest BCUT2D eigenvalue weighted by atomic mass is 9.74. The van der Waals surface area contributed by atoms with Crippen molar-refractivity contribution in [2.75, 3.05) is 18.5 Å². The molecule has 0 aromatic heterocycles. The molecular formula is C15H19ClF3NO. The highest BCUT2D eigenvalue weighted by Crippen LogP contribution is 2.38. The third kappa shape index (κ3) is 4.04. The summed E-state index contributed by atoms with van der Waals surface area (Å²) in [4.78, 5) is 0. The second-order valence-electron chi connectivity index (χ2n) is 5.76. The fourth-order valence-corrected chi connectivity index (χ4v) is 3.00. The molecule has 0 atom stereocenters. The quantitative estimate of drug-likeness (QED) is 0.841. The Balaban J connectivity index is 2.11. The Morgan fingerprint density at radius 3 is 2.43 bits per heavy atom. The lowest BCUT2D eigenvalue weighted by Gasteiger charge is -2.36. The van der Waals surface area contributed by atoms with E-state index in [1.54, 1.807) is 0 Å². The van der Waals surface area contributed by atoms with Gasteiger partial charge in [0.2, 0.25) is 0 Å². The number of aliphatic hydroxyl groups excluding tert-OH is 1. The summed E-state index contributed by atoms with van der Waals surface area (Å²) in [6.45, 7) is 0.473. The van der Waals surface area contributed by atoms with Gasteiger partial charge in [0.1, 0.15) is 0 Å². The summed E-state index contributed by atoms with van der Waals surface area (Å²) >= 11 is 5.96. The first kappa shape index (κ1) is 16.4. The number of rotatable bonds is 4. The molecule has 0 heterocycles. The van der Waals surface area contributed by atoms with Crippen LogP contribution < -0.4 is 5.32 Å². The van der Waals surface area contributed by atoms with Gasteiger partial charge in [0.05, 0.1) is 22.9 Å². The minimum absolute atomic E-state index is 0.0383. The zero-order chi connectivity index (χ0) is 15.5. The minimum atomic E-state index is -4.39. The molecule has 1 aliphatic carbocycles. The van der Waals surface area contributed by atoms with Crippen LogP contribution in [0.5, 0.6) is 0 Å². The highest BCUT2D eigenvalue weighted by Gasteiger charge is 2.33. The molecule has 21 heavy (non-hydrogen) atoms. The van der Waals surface area contributed by atoms with Crippen molar-refractivity contribution in [2.45, 2.75) is 38.3 Å². The summed E-state index contributed by atoms with van der Waals surface area (Å²) in [5.74, 6) is 0. The van der Waals surface area contributed by atoms with E-state index in [1.807, 2.05) is 0 Å². The largest absolute Gasteiger partial charge is 0.416 e. The molecule has 6 heteroatoms. The number of halogens is 4. The van der Waals surface area contributed by atoms with Gasteiger partial charge in [0.25, 0.3) is 0 Å². The van der Waals surface area contributed by atoms with Crippen LogP contribution in [-0.4, -0.2) is 18.3 Å². The summed E-state index contributed by atoms with van der Waals surface area (Å²) in [5, 5.41) is 12.9. The van der Waals surface area contributed by atoms with Crippen LogP contribution in [0.1, 0.15) is 37.7 Å². The third-order valence-electron chi connectivity index (χ3n) is 4.20. The first-order chi connectivity index (χ1) is 9.86. The molecule has 2 nitrogen and oxygen atoms in total. The first-order valence-electron chi connectivity index (χ1n) is 7.08. The molecule has 1 saturated carbocycles. The summed E-state index contributed by atoms with van der Waals surface area (Å²) in [7, 11) is 0. The van der Waals surface area contributed by atoms with Crippen molar-refractivity contribution in [3.05, 3.63) is 28.8 Å². The van der Waals surface area contributed by atoms with E-state index in [2.05, 4.69) is 5.32 Å². The standard InChI is InChI=1S/C15H19ClF3NO/c16-12-5-4-11(15(17,18)19)8-13(12)20-9-14(10-21)6-2-1-3-7-14/h4-5,8,20-21H,1-3,6-7,9-10H2. The Labute approximate surface area is 127 Å². The van der Waals surface area contributed by atoms with Crippen molar-refractivity contribution >= 4 is 17.3 Å². The molecule has 2 rings (SSSR count). The van der Waals surface area contributed by atoms with Crippen molar-refractivity contribution in [3.63, 3.8) is 0 Å². The highest BCUT2D eigenvalue weighted by atomic mass is 35.5. The Bertz CT molecular complexity index is 484. The number of alkyl halides is 3. The number of hydrogen-bond acceptors (Lipinski definition) is 2. The molecule has 0 spiro atoms. The third-order valence-corrected chi connectivity index (χ3v) is 4.53. The summed E-state index contributed by atoms with van der Waals surface area (Å²) in [6.07, 6.45) is 0.601. The number of aliphatic hydroxyl groups is 1. The normalized spacial score (nSPS) is 18.5. The second-order valence-corrected chi connectivity index (χ2v) is 6.17. The highest BCUT2D eigenvalue weighted by molar-refractivity contribution is 6.33. The van der Waals surface area contributed by atoms with Crippen LogP contribution in [0, 0.1) is 5.41 Å². The van der Waals surface area contributed by atoms with Crippen LogP contribution in [0.2, 0.25) is 5.02 Å². The smallest absolute Gasteiger partial charge is 0.396 e. The molecule has 0 saturated heterocycles. The SMILES string of the molecule is OCC1(CNc2cc(C(F)(F)F)ccc2Cl)CCCCC1. The Morgan fingerprint density at radius 1 is 1.19 bits per heavy atom. The van der Waals surface area contributed by atoms with Crippen molar-refractivity contribution in [1.29, 1.82) is 0 Å². The van der Waals surface area contributed by atoms with Gasteiger partial charge in [0, 0.05) is 12.0 Å². The molecular weight excluding hydrogens is 303 g/mol. The Kier molecular flexibility index (Phi) is 5.04. The lowest BCUT2D eigenvalue weighted by molar-refractivity contribution is -0.137. The molecule has 1 aliphatic rings. The van der Waals surface area contributed by atoms with E-state index in [0.717, 1.165) is 44.2 Å². The minimum Gasteiger partial charge on any atom is -0.396 e. The van der Waals surface area contributed by atoms with E-state index >= 15 is 0 Å². The van der Waals surface area contributed by atoms with Gasteiger partial charge >= 0.3 is 6.18 Å². The number of anilines is 1. The fraction of sp³-hybridized carbons (Fsp3) is 0.600. The van der Waals surface area contributed by atoms with Crippen molar-refractivity contribution in [1.82, 2.24) is 0 Å². The van der Waals surface area contributed by atoms with E-state index in [0.29, 0.717) is 6.54 Å². The van der Waals surface area contributed by atoms with Gasteiger partial charge in [-0.2, -0.15) is 13.2 Å². The average molecular weight is 322 g/mol. The molecule has 0 amide bonds. The number of benzene rings is 1. The molecule has 1 aromatic rings. The zero-order valence-corrected chi connectivity index (χ0v) is 12.4. The molecule has 118 valence electrons. The van der Waals surface area contributed by atoms with Gasteiger partial charge in [-0.15, -0.1) is 0 Å². The van der Waals surface area contributed by atoms with Crippen molar-refractivity contribution in [2.24, 2.45) is 5.41 Å². The van der Waals surface area contributed by atoms with Gasteiger partial charge in [-0.05, 0) is 31.0 Å². The Hall–Kier alpha value is -0.940. The molecule has 0 bridgehead atoms. The van der Waals surface area contributed by atoms with Crippen LogP contribution in [-0.2, 0) is 6.18 Å². The predicted molar refractivity (Wildman–Crippen MR) is 77.5 cm³/mol. The van der Waals surface area contributed by atoms with E-state index in [-0.39, 0.29) is 22.7 Å². The van der Waals surface area contributed by atoms with Gasteiger partial charge < -0.3 is 10.4 Å². The van der Waals surface area contributed by atoms with E-state index in [9.17, 15) is 18.3 Å². The van der Waals surface area contributed by atoms with Crippen molar-refractivity contribution < 1.29 is 18.3 Å². The molecule has 1 fully saturated rings. The maximum atomic E-state index is 12.7. The van der Waals surface area contributed by atoms with Crippen LogP contribution >= 0.6 is 11.6 Å². The van der Waals surface area contributed by atoms with Gasteiger partial charge in [-0.25, -0.2) is 0 Å². The zero-order valence-electron chi connectivity index (χ0n) is 11.6. The van der Waals surface area contributed by atoms with Gasteiger partial charge in [-0.3, -0.25) is 0 Å². The topological polar surface area (TPSA) is 32.3 Å². The molecule has 0 radical (unpaired) electrons. The van der Waals surface area contributed by atoms with E-state index in [1.165, 1.54) is 6.07 Å². The number of nitrogens with one attached hydrogen (secondary N) is 1. The number of hydrogen-bond donors (Lipinski definition) is 2. The Morgan fingerprint density at radius 2 is 1.86 bits per heavy atom. The molecule has 0 aliphatic heterocycles. The summed E-state index contributed by atoms with van der Waals surface area (Å²) in [6, 6.07) is 3.24. The molecule has 1 aromatic carbocycles. The molecule has 0 unspecified atom stereocenters. The lowest BCUT2D eigenvalue weighted by Crippen LogP contribution is -2.35. The van der Waals surface area contributed by atoms with Crippen molar-refractivity contribution in [3.8, 4) is 0 Å². The maximum absolute atomic E-state index is 12.7. The monoisotopic (exact) mass is 321 g/mol. The first-order valence-corrected chi connectivity index (χ1v) is 7.46. The van der Waals surface area contributed by atoms with Crippen LogP contribution in [0.3, 0.4) is 0 Å². The second kappa shape index (κ2) is 6.44.